The predicted octanol–water partition coefficient (Wildman–Crippen LogP) is 4.08. The highest BCUT2D eigenvalue weighted by Gasteiger charge is 2.29. The highest BCUT2D eigenvalue weighted by molar-refractivity contribution is 8.00. The number of rotatable bonds is 3. The van der Waals surface area contributed by atoms with Crippen LogP contribution in [0.5, 0.6) is 0 Å². The molecule has 0 fully saturated rings. The first-order chi connectivity index (χ1) is 9.35. The second-order valence-corrected chi connectivity index (χ2v) is 5.45. The molecule has 1 heterocycles. The van der Waals surface area contributed by atoms with Gasteiger partial charge in [0.1, 0.15) is 6.10 Å². The van der Waals surface area contributed by atoms with Gasteiger partial charge in [-0.2, -0.15) is 13.2 Å². The lowest BCUT2D eigenvalue weighted by Gasteiger charge is -2.12. The number of alkyl halides is 3. The SMILES string of the molecule is Cc1cncc(C(O)c2ccc(SC(F)(F)F)cc2)c1. The first-order valence-corrected chi connectivity index (χ1v) is 6.62. The van der Waals surface area contributed by atoms with Gasteiger partial charge < -0.3 is 5.11 Å². The van der Waals surface area contributed by atoms with Gasteiger partial charge in [0, 0.05) is 22.9 Å². The first kappa shape index (κ1) is 14.9. The fraction of sp³-hybridized carbons (Fsp3) is 0.214. The molecule has 1 atom stereocenters. The topological polar surface area (TPSA) is 33.1 Å². The molecule has 0 amide bonds. The number of aliphatic hydroxyl groups excluding tert-OH is 1. The van der Waals surface area contributed by atoms with E-state index in [4.69, 9.17) is 0 Å². The average Bonchev–Trinajstić information content (AvgIpc) is 2.37. The number of pyridine rings is 1. The van der Waals surface area contributed by atoms with E-state index < -0.39 is 11.6 Å². The third-order valence-corrected chi connectivity index (χ3v) is 3.38. The Morgan fingerprint density at radius 3 is 2.30 bits per heavy atom. The van der Waals surface area contributed by atoms with Crippen LogP contribution in [0.3, 0.4) is 0 Å². The van der Waals surface area contributed by atoms with Crippen molar-refractivity contribution in [1.82, 2.24) is 4.98 Å². The molecule has 20 heavy (non-hydrogen) atoms. The van der Waals surface area contributed by atoms with Crippen molar-refractivity contribution in [1.29, 1.82) is 0 Å². The van der Waals surface area contributed by atoms with Crippen LogP contribution < -0.4 is 0 Å². The zero-order chi connectivity index (χ0) is 14.8. The standard InChI is InChI=1S/C14H12F3NOS/c1-9-6-11(8-18-7-9)13(19)10-2-4-12(5-3-10)20-14(15,16)17/h2-8,13,19H,1H3. The summed E-state index contributed by atoms with van der Waals surface area (Å²) >= 11 is -0.175. The minimum atomic E-state index is -4.30. The van der Waals surface area contributed by atoms with Crippen molar-refractivity contribution in [3.05, 3.63) is 59.4 Å². The second kappa shape index (κ2) is 5.85. The van der Waals surface area contributed by atoms with E-state index in [1.165, 1.54) is 30.5 Å². The van der Waals surface area contributed by atoms with E-state index in [0.29, 0.717) is 11.1 Å². The molecule has 0 aliphatic heterocycles. The molecule has 0 radical (unpaired) electrons. The predicted molar refractivity (Wildman–Crippen MR) is 71.4 cm³/mol. The Kier molecular flexibility index (Phi) is 4.35. The van der Waals surface area contributed by atoms with Gasteiger partial charge in [-0.25, -0.2) is 0 Å². The van der Waals surface area contributed by atoms with E-state index in [-0.39, 0.29) is 16.7 Å². The number of aliphatic hydroxyl groups is 1. The maximum absolute atomic E-state index is 12.2. The summed E-state index contributed by atoms with van der Waals surface area (Å²) in [6, 6.07) is 7.46. The summed E-state index contributed by atoms with van der Waals surface area (Å²) in [6.07, 6.45) is 2.31. The zero-order valence-electron chi connectivity index (χ0n) is 10.6. The molecule has 6 heteroatoms. The number of halogens is 3. The van der Waals surface area contributed by atoms with Gasteiger partial charge >= 0.3 is 5.51 Å². The molecule has 0 saturated heterocycles. The summed E-state index contributed by atoms with van der Waals surface area (Å²) in [5.41, 5.74) is -2.25. The van der Waals surface area contributed by atoms with E-state index in [9.17, 15) is 18.3 Å². The highest BCUT2D eigenvalue weighted by Crippen LogP contribution is 2.37. The van der Waals surface area contributed by atoms with Crippen molar-refractivity contribution in [3.63, 3.8) is 0 Å². The van der Waals surface area contributed by atoms with Crippen LogP contribution >= 0.6 is 11.8 Å². The van der Waals surface area contributed by atoms with E-state index in [0.717, 1.165) is 5.56 Å². The molecule has 1 N–H and O–H groups in total. The molecular weight excluding hydrogens is 287 g/mol. The number of hydrogen-bond acceptors (Lipinski definition) is 3. The molecular formula is C14H12F3NOS. The number of benzene rings is 1. The second-order valence-electron chi connectivity index (χ2n) is 4.31. The van der Waals surface area contributed by atoms with Crippen LogP contribution in [0, 0.1) is 6.92 Å². The summed E-state index contributed by atoms with van der Waals surface area (Å²) in [4.78, 5) is 4.08. The molecule has 0 saturated carbocycles. The maximum atomic E-state index is 12.2. The lowest BCUT2D eigenvalue weighted by Crippen LogP contribution is -2.02. The fourth-order valence-corrected chi connectivity index (χ4v) is 2.31. The van der Waals surface area contributed by atoms with Crippen molar-refractivity contribution in [3.8, 4) is 0 Å². The molecule has 2 nitrogen and oxygen atoms in total. The molecule has 2 aromatic rings. The minimum Gasteiger partial charge on any atom is -0.384 e. The number of hydrogen-bond donors (Lipinski definition) is 1. The van der Waals surface area contributed by atoms with Crippen LogP contribution in [0.25, 0.3) is 0 Å². The molecule has 1 aromatic carbocycles. The summed E-state index contributed by atoms with van der Waals surface area (Å²) in [7, 11) is 0. The molecule has 0 bridgehead atoms. The van der Waals surface area contributed by atoms with E-state index >= 15 is 0 Å². The van der Waals surface area contributed by atoms with Crippen LogP contribution in [-0.2, 0) is 0 Å². The molecule has 0 spiro atoms. The number of aromatic nitrogens is 1. The van der Waals surface area contributed by atoms with Gasteiger partial charge in [-0.3, -0.25) is 4.98 Å². The van der Waals surface area contributed by atoms with Crippen molar-refractivity contribution in [2.24, 2.45) is 0 Å². The largest absolute Gasteiger partial charge is 0.446 e. The molecule has 106 valence electrons. The number of aryl methyl sites for hydroxylation is 1. The maximum Gasteiger partial charge on any atom is 0.446 e. The average molecular weight is 299 g/mol. The number of thioether (sulfide) groups is 1. The fourth-order valence-electron chi connectivity index (χ4n) is 1.77. The van der Waals surface area contributed by atoms with Crippen LogP contribution in [0.2, 0.25) is 0 Å². The molecule has 2 rings (SSSR count). The lowest BCUT2D eigenvalue weighted by molar-refractivity contribution is -0.0328. The Bertz CT molecular complexity index is 584. The Labute approximate surface area is 118 Å². The van der Waals surface area contributed by atoms with E-state index in [1.807, 2.05) is 6.92 Å². The van der Waals surface area contributed by atoms with Gasteiger partial charge in [0.15, 0.2) is 0 Å². The molecule has 1 aromatic heterocycles. The van der Waals surface area contributed by atoms with Crippen molar-refractivity contribution < 1.29 is 18.3 Å². The Balaban J connectivity index is 2.17. The number of nitrogens with zero attached hydrogens (tertiary/aromatic N) is 1. The van der Waals surface area contributed by atoms with Gasteiger partial charge in [0.2, 0.25) is 0 Å². The summed E-state index contributed by atoms with van der Waals surface area (Å²) in [6.45, 7) is 1.85. The highest BCUT2D eigenvalue weighted by atomic mass is 32.2. The monoisotopic (exact) mass is 299 g/mol. The molecule has 0 aliphatic rings. The minimum absolute atomic E-state index is 0.0933. The summed E-state index contributed by atoms with van der Waals surface area (Å²) in [5, 5.41) is 10.2. The van der Waals surface area contributed by atoms with Gasteiger partial charge in [0.05, 0.1) is 0 Å². The normalized spacial score (nSPS) is 13.2. The van der Waals surface area contributed by atoms with Crippen molar-refractivity contribution in [2.75, 3.05) is 0 Å². The molecule has 0 aliphatic carbocycles. The first-order valence-electron chi connectivity index (χ1n) is 5.80. The van der Waals surface area contributed by atoms with Gasteiger partial charge in [-0.1, -0.05) is 18.2 Å². The van der Waals surface area contributed by atoms with Crippen LogP contribution in [0.15, 0.2) is 47.6 Å². The van der Waals surface area contributed by atoms with Gasteiger partial charge in [-0.15, -0.1) is 0 Å². The van der Waals surface area contributed by atoms with Gasteiger partial charge in [0.25, 0.3) is 0 Å². The Hall–Kier alpha value is -1.53. The summed E-state index contributed by atoms with van der Waals surface area (Å²) < 4.78 is 36.6. The Morgan fingerprint density at radius 1 is 1.10 bits per heavy atom. The quantitative estimate of drug-likeness (QED) is 0.867. The lowest BCUT2D eigenvalue weighted by atomic mass is 10.0. The summed E-state index contributed by atoms with van der Waals surface area (Å²) in [5.74, 6) is 0. The van der Waals surface area contributed by atoms with Crippen molar-refractivity contribution >= 4 is 11.8 Å². The smallest absolute Gasteiger partial charge is 0.384 e. The van der Waals surface area contributed by atoms with Crippen LogP contribution in [-0.4, -0.2) is 15.6 Å². The van der Waals surface area contributed by atoms with Crippen molar-refractivity contribution in [2.45, 2.75) is 23.4 Å². The third-order valence-electron chi connectivity index (χ3n) is 2.64. The zero-order valence-corrected chi connectivity index (χ0v) is 11.4. The van der Waals surface area contributed by atoms with E-state index in [2.05, 4.69) is 4.98 Å². The third kappa shape index (κ3) is 3.98. The molecule has 1 unspecified atom stereocenters. The van der Waals surface area contributed by atoms with Crippen LogP contribution in [0.1, 0.15) is 22.8 Å². The van der Waals surface area contributed by atoms with Gasteiger partial charge in [-0.05, 0) is 41.9 Å². The van der Waals surface area contributed by atoms with E-state index in [1.54, 1.807) is 12.3 Å². The Morgan fingerprint density at radius 2 is 1.75 bits per heavy atom. The van der Waals surface area contributed by atoms with Crippen LogP contribution in [0.4, 0.5) is 13.2 Å².